The highest BCUT2D eigenvalue weighted by atomic mass is 16.5. The number of benzene rings is 3. The summed E-state index contributed by atoms with van der Waals surface area (Å²) in [6.45, 7) is 7.36. The lowest BCUT2D eigenvalue weighted by Crippen LogP contribution is -2.29. The highest BCUT2D eigenvalue weighted by Gasteiger charge is 2.32. The van der Waals surface area contributed by atoms with Crippen molar-refractivity contribution in [3.05, 3.63) is 102 Å². The third-order valence-electron chi connectivity index (χ3n) is 6.11. The number of aliphatic carboxylic acids is 1. The van der Waals surface area contributed by atoms with E-state index in [1.165, 1.54) is 0 Å². The predicted octanol–water partition coefficient (Wildman–Crippen LogP) is 6.98. The van der Waals surface area contributed by atoms with Crippen molar-refractivity contribution in [2.45, 2.75) is 39.4 Å². The van der Waals surface area contributed by atoms with Crippen LogP contribution in [0.25, 0.3) is 39.4 Å². The summed E-state index contributed by atoms with van der Waals surface area (Å²) in [6.07, 6.45) is 0.729. The fraction of sp³-hybridized carbons (Fsp3) is 0.194. The molecule has 6 nitrogen and oxygen atoms in total. The molecule has 0 unspecified atom stereocenters. The van der Waals surface area contributed by atoms with E-state index in [-0.39, 0.29) is 0 Å². The summed E-state index contributed by atoms with van der Waals surface area (Å²) in [5.74, 6) is -0.563. The summed E-state index contributed by atoms with van der Waals surface area (Å²) >= 11 is 0. The highest BCUT2D eigenvalue weighted by Crippen LogP contribution is 2.36. The van der Waals surface area contributed by atoms with Crippen LogP contribution in [0.15, 0.2) is 91.1 Å². The Bertz CT molecular complexity index is 1570. The van der Waals surface area contributed by atoms with Crippen LogP contribution in [-0.2, 0) is 9.53 Å². The molecule has 0 aliphatic carbocycles. The molecule has 0 fully saturated rings. The first-order valence-electron chi connectivity index (χ1n) is 12.2. The van der Waals surface area contributed by atoms with Gasteiger partial charge in [0.25, 0.3) is 0 Å². The number of hydrogen-bond donors (Lipinski definition) is 1. The number of nitrogens with zero attached hydrogens (tertiary/aromatic N) is 3. The molecule has 2 aromatic heterocycles. The number of ether oxygens (including phenoxy) is 1. The second-order valence-corrected chi connectivity index (χ2v) is 10.0. The zero-order chi connectivity index (χ0) is 26.2. The average molecular weight is 492 g/mol. The monoisotopic (exact) mass is 491 g/mol. The zero-order valence-electron chi connectivity index (χ0n) is 21.3. The first-order valence-corrected chi connectivity index (χ1v) is 12.2. The normalized spacial score (nSPS) is 12.5. The summed E-state index contributed by atoms with van der Waals surface area (Å²) in [7, 11) is 0. The van der Waals surface area contributed by atoms with Gasteiger partial charge in [-0.3, -0.25) is 4.40 Å². The lowest BCUT2D eigenvalue weighted by atomic mass is 9.99. The average Bonchev–Trinajstić information content (AvgIpc) is 3.31. The SMILES string of the molecule is Cc1nc2nc(-c3cccc(-c4ccccc4)c3)cn2c(-c2ccccc2)c1[C@H](OC(C)(C)C)C(=O)O. The Morgan fingerprint density at radius 2 is 1.43 bits per heavy atom. The van der Waals surface area contributed by atoms with Gasteiger partial charge in [-0.25, -0.2) is 14.8 Å². The fourth-order valence-electron chi connectivity index (χ4n) is 4.54. The van der Waals surface area contributed by atoms with Crippen molar-refractivity contribution >= 4 is 11.7 Å². The van der Waals surface area contributed by atoms with Crippen LogP contribution in [0.1, 0.15) is 38.1 Å². The minimum atomic E-state index is -1.20. The van der Waals surface area contributed by atoms with Crippen molar-refractivity contribution < 1.29 is 14.6 Å². The van der Waals surface area contributed by atoms with Gasteiger partial charge in [-0.15, -0.1) is 0 Å². The van der Waals surface area contributed by atoms with Crippen molar-refractivity contribution in [2.75, 3.05) is 0 Å². The van der Waals surface area contributed by atoms with Gasteiger partial charge >= 0.3 is 5.97 Å². The second-order valence-electron chi connectivity index (χ2n) is 10.0. The molecular weight excluding hydrogens is 462 g/mol. The maximum atomic E-state index is 12.5. The van der Waals surface area contributed by atoms with Crippen molar-refractivity contribution in [1.82, 2.24) is 14.4 Å². The van der Waals surface area contributed by atoms with Crippen LogP contribution < -0.4 is 0 Å². The van der Waals surface area contributed by atoms with E-state index in [2.05, 4.69) is 24.3 Å². The Hall–Kier alpha value is -4.29. The van der Waals surface area contributed by atoms with Crippen LogP contribution in [0.2, 0.25) is 0 Å². The molecule has 3 aromatic carbocycles. The Morgan fingerprint density at radius 1 is 0.838 bits per heavy atom. The molecule has 5 rings (SSSR count). The van der Waals surface area contributed by atoms with Gasteiger partial charge in [-0.05, 0) is 50.5 Å². The van der Waals surface area contributed by atoms with E-state index >= 15 is 0 Å². The Kier molecular flexibility index (Phi) is 6.36. The van der Waals surface area contributed by atoms with Crippen molar-refractivity contribution in [2.24, 2.45) is 0 Å². The number of aromatic nitrogens is 3. The smallest absolute Gasteiger partial charge is 0.337 e. The maximum Gasteiger partial charge on any atom is 0.337 e. The summed E-state index contributed by atoms with van der Waals surface area (Å²) in [6, 6.07) is 28.1. The number of fused-ring (bicyclic) bond motifs is 1. The molecule has 0 saturated carbocycles. The van der Waals surface area contributed by atoms with E-state index in [0.29, 0.717) is 22.7 Å². The highest BCUT2D eigenvalue weighted by molar-refractivity contribution is 5.81. The van der Waals surface area contributed by atoms with E-state index in [1.54, 1.807) is 0 Å². The summed E-state index contributed by atoms with van der Waals surface area (Å²) in [5.41, 5.74) is 5.90. The molecular formula is C31H29N3O3. The molecule has 0 radical (unpaired) electrons. The van der Waals surface area contributed by atoms with Crippen LogP contribution >= 0.6 is 0 Å². The van der Waals surface area contributed by atoms with Gasteiger partial charge in [0.15, 0.2) is 6.10 Å². The second kappa shape index (κ2) is 9.64. The maximum absolute atomic E-state index is 12.5. The molecule has 0 amide bonds. The van der Waals surface area contributed by atoms with Gasteiger partial charge in [0.2, 0.25) is 5.78 Å². The van der Waals surface area contributed by atoms with Crippen LogP contribution in [0.4, 0.5) is 0 Å². The van der Waals surface area contributed by atoms with Crippen LogP contribution in [0.5, 0.6) is 0 Å². The quantitative estimate of drug-likeness (QED) is 0.277. The molecule has 1 atom stereocenters. The number of imidazole rings is 1. The van der Waals surface area contributed by atoms with Crippen molar-refractivity contribution in [1.29, 1.82) is 0 Å². The third kappa shape index (κ3) is 5.01. The van der Waals surface area contributed by atoms with E-state index < -0.39 is 17.7 Å². The van der Waals surface area contributed by atoms with Crippen LogP contribution in [0.3, 0.4) is 0 Å². The molecule has 0 spiro atoms. The minimum Gasteiger partial charge on any atom is -0.479 e. The topological polar surface area (TPSA) is 76.7 Å². The van der Waals surface area contributed by atoms with Crippen molar-refractivity contribution in [3.63, 3.8) is 0 Å². The van der Waals surface area contributed by atoms with Gasteiger partial charge in [-0.2, -0.15) is 0 Å². The number of carbonyl (C=O) groups is 1. The standard InChI is InChI=1S/C31H29N3O3/c1-20-26(28(29(35)36)37-31(2,3)4)27(22-14-9-6-10-15-22)34-19-25(33-30(34)32-20)24-17-11-16-23(18-24)21-12-7-5-8-13-21/h5-19,28H,1-4H3,(H,35,36)/t28-/m0/s1. The van der Waals surface area contributed by atoms with Gasteiger partial charge in [-0.1, -0.05) is 78.9 Å². The third-order valence-corrected chi connectivity index (χ3v) is 6.11. The Balaban J connectivity index is 1.73. The summed E-state index contributed by atoms with van der Waals surface area (Å²) in [5, 5.41) is 10.2. The Morgan fingerprint density at radius 3 is 2.05 bits per heavy atom. The lowest BCUT2D eigenvalue weighted by Gasteiger charge is -2.27. The number of carboxylic acids is 1. The molecule has 0 saturated heterocycles. The van der Waals surface area contributed by atoms with Gasteiger partial charge in [0.1, 0.15) is 0 Å². The molecule has 186 valence electrons. The minimum absolute atomic E-state index is 0.500. The molecule has 6 heteroatoms. The number of aryl methyl sites for hydroxylation is 1. The number of carboxylic acid groups (broad SMARTS) is 1. The van der Waals surface area contributed by atoms with Gasteiger partial charge in [0, 0.05) is 23.0 Å². The van der Waals surface area contributed by atoms with E-state index in [4.69, 9.17) is 14.7 Å². The van der Waals surface area contributed by atoms with Gasteiger partial charge < -0.3 is 9.84 Å². The number of rotatable bonds is 6. The Labute approximate surface area is 216 Å². The largest absolute Gasteiger partial charge is 0.479 e. The molecule has 37 heavy (non-hydrogen) atoms. The molecule has 0 aliphatic rings. The summed E-state index contributed by atoms with van der Waals surface area (Å²) < 4.78 is 7.94. The molecule has 5 aromatic rings. The van der Waals surface area contributed by atoms with Gasteiger partial charge in [0.05, 0.1) is 17.0 Å². The fourth-order valence-corrected chi connectivity index (χ4v) is 4.54. The lowest BCUT2D eigenvalue weighted by molar-refractivity contribution is -0.160. The van der Waals surface area contributed by atoms with E-state index in [1.807, 2.05) is 99.0 Å². The van der Waals surface area contributed by atoms with Crippen molar-refractivity contribution in [3.8, 4) is 33.6 Å². The molecule has 0 aliphatic heterocycles. The van der Waals surface area contributed by atoms with E-state index in [9.17, 15) is 9.90 Å². The predicted molar refractivity (Wildman–Crippen MR) is 145 cm³/mol. The van der Waals surface area contributed by atoms with Crippen LogP contribution in [0, 0.1) is 6.92 Å². The zero-order valence-corrected chi connectivity index (χ0v) is 21.3. The van der Waals surface area contributed by atoms with E-state index in [0.717, 1.165) is 27.9 Å². The van der Waals surface area contributed by atoms with Crippen LogP contribution in [-0.4, -0.2) is 31.0 Å². The first kappa shape index (κ1) is 24.4. The molecule has 1 N–H and O–H groups in total. The molecule has 0 bridgehead atoms. The molecule has 2 heterocycles. The number of hydrogen-bond acceptors (Lipinski definition) is 4. The first-order chi connectivity index (χ1) is 17.7. The summed E-state index contributed by atoms with van der Waals surface area (Å²) in [4.78, 5) is 22.0.